The molecular weight excluding hydrogens is 190 g/mol. The van der Waals surface area contributed by atoms with Crippen LogP contribution in [-0.4, -0.2) is 24.7 Å². The summed E-state index contributed by atoms with van der Waals surface area (Å²) < 4.78 is 5.34. The molecule has 1 heterocycles. The van der Waals surface area contributed by atoms with Crippen molar-refractivity contribution < 1.29 is 4.74 Å². The third-order valence-corrected chi connectivity index (χ3v) is 1.76. The minimum absolute atomic E-state index is 0.605. The molecule has 0 aliphatic rings. The first-order chi connectivity index (χ1) is 7.20. The second kappa shape index (κ2) is 6.03. The summed E-state index contributed by atoms with van der Waals surface area (Å²) in [6.45, 7) is 7.65. The van der Waals surface area contributed by atoms with E-state index in [1.54, 1.807) is 12.4 Å². The summed E-state index contributed by atoms with van der Waals surface area (Å²) in [6, 6.07) is 1.84. The van der Waals surface area contributed by atoms with Crippen molar-refractivity contribution in [3.8, 4) is 0 Å². The van der Waals surface area contributed by atoms with Crippen molar-refractivity contribution in [2.45, 2.75) is 6.92 Å². The first-order valence-electron chi connectivity index (χ1n) is 4.85. The van der Waals surface area contributed by atoms with Gasteiger partial charge in [0.1, 0.15) is 0 Å². The molecule has 0 radical (unpaired) electrons. The SMILES string of the molecule is C=C(C)COCCNc1ccncc1N. The minimum Gasteiger partial charge on any atom is -0.396 e. The lowest BCUT2D eigenvalue weighted by molar-refractivity contribution is 0.167. The number of pyridine rings is 1. The number of nitrogens with one attached hydrogen (secondary N) is 1. The maximum Gasteiger partial charge on any atom is 0.0736 e. The summed E-state index contributed by atoms with van der Waals surface area (Å²) in [5.41, 5.74) is 8.27. The number of aromatic nitrogens is 1. The van der Waals surface area contributed by atoms with Crippen LogP contribution in [0.25, 0.3) is 0 Å². The lowest BCUT2D eigenvalue weighted by Crippen LogP contribution is -2.11. The summed E-state index contributed by atoms with van der Waals surface area (Å²) in [7, 11) is 0. The fourth-order valence-electron chi connectivity index (χ4n) is 1.07. The van der Waals surface area contributed by atoms with Crippen LogP contribution in [0.5, 0.6) is 0 Å². The molecule has 0 fully saturated rings. The summed E-state index contributed by atoms with van der Waals surface area (Å²) in [5.74, 6) is 0. The highest BCUT2D eigenvalue weighted by Gasteiger charge is 1.96. The molecule has 15 heavy (non-hydrogen) atoms. The molecular formula is C11H17N3O. The predicted molar refractivity (Wildman–Crippen MR) is 62.8 cm³/mol. The number of hydrogen-bond acceptors (Lipinski definition) is 4. The van der Waals surface area contributed by atoms with E-state index in [1.165, 1.54) is 0 Å². The Hall–Kier alpha value is -1.55. The summed E-state index contributed by atoms with van der Waals surface area (Å²) >= 11 is 0. The van der Waals surface area contributed by atoms with E-state index in [0.29, 0.717) is 18.9 Å². The summed E-state index contributed by atoms with van der Waals surface area (Å²) in [4.78, 5) is 3.90. The van der Waals surface area contributed by atoms with Crippen LogP contribution in [0, 0.1) is 0 Å². The minimum atomic E-state index is 0.605. The molecule has 0 unspecified atom stereocenters. The van der Waals surface area contributed by atoms with Gasteiger partial charge in [0.15, 0.2) is 0 Å². The third-order valence-electron chi connectivity index (χ3n) is 1.76. The van der Waals surface area contributed by atoms with Gasteiger partial charge in [-0.1, -0.05) is 12.2 Å². The number of nitrogen functional groups attached to an aromatic ring is 1. The Bertz CT molecular complexity index is 325. The molecule has 0 bridgehead atoms. The van der Waals surface area contributed by atoms with Crippen molar-refractivity contribution in [2.24, 2.45) is 0 Å². The summed E-state index contributed by atoms with van der Waals surface area (Å²) in [5, 5.41) is 3.17. The second-order valence-corrected chi connectivity index (χ2v) is 3.40. The molecule has 82 valence electrons. The number of hydrogen-bond donors (Lipinski definition) is 2. The smallest absolute Gasteiger partial charge is 0.0736 e. The molecule has 4 heteroatoms. The van der Waals surface area contributed by atoms with Gasteiger partial charge in [-0.15, -0.1) is 0 Å². The molecule has 0 aliphatic carbocycles. The monoisotopic (exact) mass is 207 g/mol. The van der Waals surface area contributed by atoms with Crippen LogP contribution in [0.1, 0.15) is 6.92 Å². The van der Waals surface area contributed by atoms with Gasteiger partial charge in [-0.3, -0.25) is 4.98 Å². The highest BCUT2D eigenvalue weighted by Crippen LogP contribution is 2.14. The Morgan fingerprint density at radius 2 is 2.47 bits per heavy atom. The molecule has 0 saturated carbocycles. The zero-order chi connectivity index (χ0) is 11.1. The van der Waals surface area contributed by atoms with Crippen LogP contribution < -0.4 is 11.1 Å². The topological polar surface area (TPSA) is 60.2 Å². The number of rotatable bonds is 6. The average Bonchev–Trinajstić information content (AvgIpc) is 2.20. The van der Waals surface area contributed by atoms with Crippen LogP contribution in [-0.2, 0) is 4.74 Å². The maximum absolute atomic E-state index is 5.70. The van der Waals surface area contributed by atoms with Crippen LogP contribution in [0.15, 0.2) is 30.6 Å². The first-order valence-corrected chi connectivity index (χ1v) is 4.85. The second-order valence-electron chi connectivity index (χ2n) is 3.40. The van der Waals surface area contributed by atoms with Gasteiger partial charge in [0.25, 0.3) is 0 Å². The number of ether oxygens (including phenoxy) is 1. The largest absolute Gasteiger partial charge is 0.396 e. The van der Waals surface area contributed by atoms with E-state index >= 15 is 0 Å². The zero-order valence-electron chi connectivity index (χ0n) is 8.99. The van der Waals surface area contributed by atoms with Gasteiger partial charge in [-0.05, 0) is 13.0 Å². The molecule has 0 spiro atoms. The zero-order valence-corrected chi connectivity index (χ0v) is 8.99. The van der Waals surface area contributed by atoms with E-state index in [1.807, 2.05) is 13.0 Å². The standard InChI is InChI=1S/C11H17N3O/c1-9(2)8-15-6-5-14-11-3-4-13-7-10(11)12/h3-4,7H,1,5-6,8,12H2,2H3,(H,13,14). The van der Waals surface area contributed by atoms with E-state index in [2.05, 4.69) is 16.9 Å². The van der Waals surface area contributed by atoms with E-state index in [9.17, 15) is 0 Å². The van der Waals surface area contributed by atoms with E-state index in [4.69, 9.17) is 10.5 Å². The van der Waals surface area contributed by atoms with E-state index < -0.39 is 0 Å². The molecule has 0 saturated heterocycles. The Balaban J connectivity index is 2.21. The van der Waals surface area contributed by atoms with Crippen molar-refractivity contribution in [2.75, 3.05) is 30.8 Å². The van der Waals surface area contributed by atoms with Crippen molar-refractivity contribution in [1.29, 1.82) is 0 Å². The van der Waals surface area contributed by atoms with Crippen molar-refractivity contribution in [1.82, 2.24) is 4.98 Å². The lowest BCUT2D eigenvalue weighted by Gasteiger charge is -2.08. The van der Waals surface area contributed by atoms with Gasteiger partial charge in [0.2, 0.25) is 0 Å². The van der Waals surface area contributed by atoms with Gasteiger partial charge in [-0.25, -0.2) is 0 Å². The molecule has 0 amide bonds. The highest BCUT2D eigenvalue weighted by molar-refractivity contribution is 5.64. The fraction of sp³-hybridized carbons (Fsp3) is 0.364. The van der Waals surface area contributed by atoms with Gasteiger partial charge in [0, 0.05) is 12.7 Å². The number of nitrogens with zero attached hydrogens (tertiary/aromatic N) is 1. The van der Waals surface area contributed by atoms with Crippen LogP contribution in [0.4, 0.5) is 11.4 Å². The maximum atomic E-state index is 5.70. The van der Waals surface area contributed by atoms with Crippen LogP contribution in [0.2, 0.25) is 0 Å². The third kappa shape index (κ3) is 4.46. The first kappa shape index (κ1) is 11.5. The Morgan fingerprint density at radius 1 is 1.67 bits per heavy atom. The molecule has 1 rings (SSSR count). The average molecular weight is 207 g/mol. The van der Waals surface area contributed by atoms with Gasteiger partial charge in [0.05, 0.1) is 30.8 Å². The molecule has 3 N–H and O–H groups in total. The predicted octanol–water partition coefficient (Wildman–Crippen LogP) is 1.67. The van der Waals surface area contributed by atoms with Crippen molar-refractivity contribution in [3.63, 3.8) is 0 Å². The van der Waals surface area contributed by atoms with E-state index in [-0.39, 0.29) is 0 Å². The van der Waals surface area contributed by atoms with Crippen LogP contribution >= 0.6 is 0 Å². The quantitative estimate of drug-likeness (QED) is 0.550. The highest BCUT2D eigenvalue weighted by atomic mass is 16.5. The van der Waals surface area contributed by atoms with Crippen molar-refractivity contribution in [3.05, 3.63) is 30.6 Å². The molecule has 0 aromatic carbocycles. The fourth-order valence-corrected chi connectivity index (χ4v) is 1.07. The summed E-state index contributed by atoms with van der Waals surface area (Å²) in [6.07, 6.45) is 3.32. The molecule has 0 atom stereocenters. The lowest BCUT2D eigenvalue weighted by atomic mass is 10.3. The Kier molecular flexibility index (Phi) is 4.63. The Labute approximate surface area is 90.2 Å². The normalized spacial score (nSPS) is 9.93. The molecule has 1 aromatic rings. The van der Waals surface area contributed by atoms with Crippen molar-refractivity contribution >= 4 is 11.4 Å². The molecule has 0 aliphatic heterocycles. The molecule has 1 aromatic heterocycles. The van der Waals surface area contributed by atoms with E-state index in [0.717, 1.165) is 17.8 Å². The van der Waals surface area contributed by atoms with Gasteiger partial charge < -0.3 is 15.8 Å². The Morgan fingerprint density at radius 3 is 3.13 bits per heavy atom. The van der Waals surface area contributed by atoms with Gasteiger partial charge in [-0.2, -0.15) is 0 Å². The van der Waals surface area contributed by atoms with Gasteiger partial charge >= 0.3 is 0 Å². The molecule has 4 nitrogen and oxygen atoms in total. The number of nitrogens with two attached hydrogens (primary N) is 1. The van der Waals surface area contributed by atoms with Crippen LogP contribution in [0.3, 0.4) is 0 Å². The number of anilines is 2.